The maximum atomic E-state index is 10.8. The smallest absolute Gasteiger partial charge is 0.320 e. The first-order valence-corrected chi connectivity index (χ1v) is 5.85. The Bertz CT molecular complexity index is 550. The van der Waals surface area contributed by atoms with Crippen LogP contribution in [-0.4, -0.2) is 29.1 Å². The maximum Gasteiger partial charge on any atom is 0.320 e. The van der Waals surface area contributed by atoms with Gasteiger partial charge in [-0.15, -0.1) is 0 Å². The van der Waals surface area contributed by atoms with Crippen molar-refractivity contribution in [3.8, 4) is 0 Å². The van der Waals surface area contributed by atoms with E-state index < -0.39 is 12.0 Å². The van der Waals surface area contributed by atoms with Crippen LogP contribution in [0.2, 0.25) is 0 Å². The van der Waals surface area contributed by atoms with Gasteiger partial charge in [-0.1, -0.05) is 18.2 Å². The summed E-state index contributed by atoms with van der Waals surface area (Å²) in [5, 5.41) is 13.1. The lowest BCUT2D eigenvalue weighted by Crippen LogP contribution is -2.34. The second-order valence-electron chi connectivity index (χ2n) is 4.31. The fraction of sp³-hybridized carbons (Fsp3) is 0.308. The Morgan fingerprint density at radius 1 is 1.50 bits per heavy atom. The van der Waals surface area contributed by atoms with Crippen LogP contribution in [0.25, 0.3) is 10.9 Å². The van der Waals surface area contributed by atoms with Crippen molar-refractivity contribution in [3.05, 3.63) is 36.0 Å². The van der Waals surface area contributed by atoms with Crippen LogP contribution in [0.5, 0.6) is 0 Å². The van der Waals surface area contributed by atoms with Crippen molar-refractivity contribution in [3.63, 3.8) is 0 Å². The number of nitrogens with one attached hydrogen (secondary N) is 2. The largest absolute Gasteiger partial charge is 0.480 e. The monoisotopic (exact) mass is 247 g/mol. The summed E-state index contributed by atoms with van der Waals surface area (Å²) >= 11 is 0. The van der Waals surface area contributed by atoms with Gasteiger partial charge in [0.25, 0.3) is 0 Å². The molecule has 5 N–H and O–H groups in total. The van der Waals surface area contributed by atoms with Crippen molar-refractivity contribution in [2.75, 3.05) is 7.05 Å². The maximum absolute atomic E-state index is 10.8. The average molecular weight is 247 g/mol. The van der Waals surface area contributed by atoms with Crippen molar-refractivity contribution < 1.29 is 9.90 Å². The summed E-state index contributed by atoms with van der Waals surface area (Å²) in [6.45, 7) is 0. The summed E-state index contributed by atoms with van der Waals surface area (Å²) in [6.07, 6.45) is 2.26. The molecule has 2 unspecified atom stereocenters. The molecule has 2 aromatic rings. The standard InChI is InChI=1S/C13H17N3O2/c1-15-12(6-10(14)13(17)18)9-7-16-11-5-3-2-4-8(9)11/h2-5,7,10,12,15-16H,6,14H2,1H3,(H,17,18). The van der Waals surface area contributed by atoms with Gasteiger partial charge in [0.05, 0.1) is 0 Å². The number of aromatic nitrogens is 1. The number of nitrogens with two attached hydrogens (primary N) is 1. The number of carbonyl (C=O) groups is 1. The normalized spacial score (nSPS) is 14.6. The predicted molar refractivity (Wildman–Crippen MR) is 70.3 cm³/mol. The summed E-state index contributed by atoms with van der Waals surface area (Å²) in [4.78, 5) is 14.0. The number of aliphatic carboxylic acids is 1. The molecule has 1 aromatic carbocycles. The van der Waals surface area contributed by atoms with Gasteiger partial charge < -0.3 is 21.1 Å². The van der Waals surface area contributed by atoms with Crippen LogP contribution in [-0.2, 0) is 4.79 Å². The van der Waals surface area contributed by atoms with Gasteiger partial charge >= 0.3 is 5.97 Å². The molecule has 0 aliphatic heterocycles. The average Bonchev–Trinajstić information content (AvgIpc) is 2.79. The van der Waals surface area contributed by atoms with E-state index in [2.05, 4.69) is 10.3 Å². The Labute approximate surface area is 105 Å². The van der Waals surface area contributed by atoms with E-state index in [0.29, 0.717) is 6.42 Å². The lowest BCUT2D eigenvalue weighted by Gasteiger charge is -2.18. The molecule has 0 aliphatic rings. The SMILES string of the molecule is CNC(CC(N)C(=O)O)c1c[nH]c2ccccc12. The second-order valence-corrected chi connectivity index (χ2v) is 4.31. The van der Waals surface area contributed by atoms with Gasteiger partial charge in [0.2, 0.25) is 0 Å². The number of H-pyrrole nitrogens is 1. The summed E-state index contributed by atoms with van der Waals surface area (Å²) in [5.74, 6) is -0.977. The van der Waals surface area contributed by atoms with E-state index in [0.717, 1.165) is 16.5 Å². The third-order valence-electron chi connectivity index (χ3n) is 3.15. The first kappa shape index (κ1) is 12.6. The zero-order valence-electron chi connectivity index (χ0n) is 10.2. The van der Waals surface area contributed by atoms with E-state index in [4.69, 9.17) is 10.8 Å². The lowest BCUT2D eigenvalue weighted by molar-refractivity contribution is -0.138. The highest BCUT2D eigenvalue weighted by Gasteiger charge is 2.20. The Morgan fingerprint density at radius 2 is 2.22 bits per heavy atom. The molecule has 0 spiro atoms. The van der Waals surface area contributed by atoms with Gasteiger partial charge in [-0.05, 0) is 25.1 Å². The number of hydrogen-bond acceptors (Lipinski definition) is 3. The molecule has 18 heavy (non-hydrogen) atoms. The van der Waals surface area contributed by atoms with E-state index >= 15 is 0 Å². The number of benzene rings is 1. The van der Waals surface area contributed by atoms with Crippen molar-refractivity contribution in [1.82, 2.24) is 10.3 Å². The summed E-state index contributed by atoms with van der Waals surface area (Å²) in [7, 11) is 1.81. The van der Waals surface area contributed by atoms with Crippen LogP contribution in [0.1, 0.15) is 18.0 Å². The van der Waals surface area contributed by atoms with Gasteiger partial charge in [-0.2, -0.15) is 0 Å². The van der Waals surface area contributed by atoms with Gasteiger partial charge in [0, 0.05) is 23.1 Å². The van der Waals surface area contributed by atoms with Gasteiger partial charge in [0.1, 0.15) is 6.04 Å². The number of carboxylic acid groups (broad SMARTS) is 1. The van der Waals surface area contributed by atoms with E-state index in [1.54, 1.807) is 7.05 Å². The lowest BCUT2D eigenvalue weighted by atomic mass is 9.99. The van der Waals surface area contributed by atoms with Crippen molar-refractivity contribution in [2.45, 2.75) is 18.5 Å². The molecular formula is C13H17N3O2. The first-order chi connectivity index (χ1) is 8.63. The molecule has 1 heterocycles. The molecule has 0 amide bonds. The van der Waals surface area contributed by atoms with Crippen LogP contribution in [0.4, 0.5) is 0 Å². The Kier molecular flexibility index (Phi) is 3.64. The molecule has 96 valence electrons. The molecule has 0 radical (unpaired) electrons. The Balaban J connectivity index is 2.30. The summed E-state index contributed by atoms with van der Waals surface area (Å²) < 4.78 is 0. The minimum atomic E-state index is -0.977. The highest BCUT2D eigenvalue weighted by Crippen LogP contribution is 2.26. The third-order valence-corrected chi connectivity index (χ3v) is 3.15. The minimum Gasteiger partial charge on any atom is -0.480 e. The first-order valence-electron chi connectivity index (χ1n) is 5.85. The zero-order valence-corrected chi connectivity index (χ0v) is 10.2. The van der Waals surface area contributed by atoms with E-state index in [9.17, 15) is 4.79 Å². The van der Waals surface area contributed by atoms with E-state index in [1.165, 1.54) is 0 Å². The molecule has 0 saturated carbocycles. The molecule has 0 aliphatic carbocycles. The number of carboxylic acids is 1. The molecule has 0 saturated heterocycles. The molecule has 2 atom stereocenters. The van der Waals surface area contributed by atoms with Gasteiger partial charge in [0.15, 0.2) is 0 Å². The number of rotatable bonds is 5. The number of aromatic amines is 1. The fourth-order valence-corrected chi connectivity index (χ4v) is 2.14. The van der Waals surface area contributed by atoms with Crippen molar-refractivity contribution >= 4 is 16.9 Å². The molecule has 2 rings (SSSR count). The highest BCUT2D eigenvalue weighted by atomic mass is 16.4. The second kappa shape index (κ2) is 5.20. The third kappa shape index (κ3) is 2.37. The Hall–Kier alpha value is -1.85. The predicted octanol–water partition coefficient (Wildman–Crippen LogP) is 1.23. The topological polar surface area (TPSA) is 91.1 Å². The van der Waals surface area contributed by atoms with Crippen molar-refractivity contribution in [2.24, 2.45) is 5.73 Å². The van der Waals surface area contributed by atoms with E-state index in [-0.39, 0.29) is 6.04 Å². The molecule has 5 heteroatoms. The fourth-order valence-electron chi connectivity index (χ4n) is 2.14. The van der Waals surface area contributed by atoms with Gasteiger partial charge in [-0.3, -0.25) is 4.79 Å². The molecule has 0 bridgehead atoms. The van der Waals surface area contributed by atoms with Crippen LogP contribution in [0, 0.1) is 0 Å². The molecule has 5 nitrogen and oxygen atoms in total. The van der Waals surface area contributed by atoms with Crippen LogP contribution in [0.3, 0.4) is 0 Å². The van der Waals surface area contributed by atoms with Crippen LogP contribution < -0.4 is 11.1 Å². The number of fused-ring (bicyclic) bond motifs is 1. The molecular weight excluding hydrogens is 230 g/mol. The summed E-state index contributed by atoms with van der Waals surface area (Å²) in [5.41, 5.74) is 7.68. The van der Waals surface area contributed by atoms with Crippen molar-refractivity contribution in [1.29, 1.82) is 0 Å². The Morgan fingerprint density at radius 3 is 2.89 bits per heavy atom. The minimum absolute atomic E-state index is 0.0766. The number of para-hydroxylation sites is 1. The van der Waals surface area contributed by atoms with E-state index in [1.807, 2.05) is 30.5 Å². The quantitative estimate of drug-likeness (QED) is 0.639. The van der Waals surface area contributed by atoms with Crippen LogP contribution in [0.15, 0.2) is 30.5 Å². The number of hydrogen-bond donors (Lipinski definition) is 4. The molecule has 0 fully saturated rings. The summed E-state index contributed by atoms with van der Waals surface area (Å²) in [6, 6.07) is 6.98. The van der Waals surface area contributed by atoms with Crippen LogP contribution >= 0.6 is 0 Å². The highest BCUT2D eigenvalue weighted by molar-refractivity contribution is 5.83. The molecule has 1 aromatic heterocycles. The van der Waals surface area contributed by atoms with Gasteiger partial charge in [-0.25, -0.2) is 0 Å². The zero-order chi connectivity index (χ0) is 13.1.